The average molecular weight is 397 g/mol. The lowest BCUT2D eigenvalue weighted by molar-refractivity contribution is 0.144. The number of hydrogen-bond donors (Lipinski definition) is 1. The fourth-order valence-corrected chi connectivity index (χ4v) is 4.00. The number of nitrogens with zero attached hydrogens (tertiary/aromatic N) is 4. The van der Waals surface area contributed by atoms with Gasteiger partial charge in [-0.1, -0.05) is 15.9 Å². The number of aromatic hydroxyl groups is 1. The molecule has 2 saturated heterocycles. The van der Waals surface area contributed by atoms with E-state index in [4.69, 9.17) is 0 Å². The van der Waals surface area contributed by atoms with Crippen molar-refractivity contribution in [3.8, 4) is 5.75 Å². The third-order valence-corrected chi connectivity index (χ3v) is 5.67. The number of phenols is 1. The maximum atomic E-state index is 10.8. The minimum Gasteiger partial charge on any atom is -0.507 e. The minimum absolute atomic E-state index is 0.482. The van der Waals surface area contributed by atoms with Crippen LogP contribution in [0.1, 0.15) is 11.1 Å². The van der Waals surface area contributed by atoms with E-state index in [1.54, 1.807) is 0 Å². The molecule has 24 heavy (non-hydrogen) atoms. The smallest absolute Gasteiger partial charge is 0.124 e. The second-order valence-corrected chi connectivity index (χ2v) is 8.15. The van der Waals surface area contributed by atoms with Crippen molar-refractivity contribution < 1.29 is 5.11 Å². The first-order valence-corrected chi connectivity index (χ1v) is 9.62. The molecule has 2 fully saturated rings. The van der Waals surface area contributed by atoms with Crippen LogP contribution in [-0.4, -0.2) is 91.2 Å². The summed E-state index contributed by atoms with van der Waals surface area (Å²) in [4.78, 5) is 9.58. The minimum atomic E-state index is 0.482. The van der Waals surface area contributed by atoms with Crippen molar-refractivity contribution in [2.75, 3.05) is 66.5 Å². The van der Waals surface area contributed by atoms with Crippen LogP contribution in [0.15, 0.2) is 16.6 Å². The summed E-state index contributed by atoms with van der Waals surface area (Å²) < 4.78 is 1.06. The van der Waals surface area contributed by atoms with Crippen LogP contribution in [0.4, 0.5) is 0 Å². The van der Waals surface area contributed by atoms with Gasteiger partial charge in [0.1, 0.15) is 5.75 Å². The summed E-state index contributed by atoms with van der Waals surface area (Å²) in [6, 6.07) is 4.14. The molecule has 1 aromatic carbocycles. The molecule has 3 rings (SSSR count). The highest BCUT2D eigenvalue weighted by Gasteiger charge is 2.19. The van der Waals surface area contributed by atoms with Gasteiger partial charge in [0.05, 0.1) is 0 Å². The van der Waals surface area contributed by atoms with Gasteiger partial charge in [-0.3, -0.25) is 9.80 Å². The maximum absolute atomic E-state index is 10.8. The molecule has 0 amide bonds. The van der Waals surface area contributed by atoms with Gasteiger partial charge in [-0.2, -0.15) is 0 Å². The zero-order valence-corrected chi connectivity index (χ0v) is 16.4. The van der Waals surface area contributed by atoms with Gasteiger partial charge in [-0.15, -0.1) is 0 Å². The van der Waals surface area contributed by atoms with Crippen LogP contribution in [-0.2, 0) is 13.1 Å². The molecule has 0 unspecified atom stereocenters. The lowest BCUT2D eigenvalue weighted by Gasteiger charge is -2.33. The average Bonchev–Trinajstić information content (AvgIpc) is 2.56. The zero-order valence-electron chi connectivity index (χ0n) is 14.8. The van der Waals surface area contributed by atoms with Crippen molar-refractivity contribution >= 4 is 15.9 Å². The van der Waals surface area contributed by atoms with E-state index in [-0.39, 0.29) is 0 Å². The molecule has 134 valence electrons. The van der Waals surface area contributed by atoms with E-state index in [2.05, 4.69) is 61.8 Å². The summed E-state index contributed by atoms with van der Waals surface area (Å²) in [5.41, 5.74) is 2.08. The molecule has 2 aliphatic rings. The Morgan fingerprint density at radius 3 is 1.54 bits per heavy atom. The summed E-state index contributed by atoms with van der Waals surface area (Å²) in [5, 5.41) is 10.8. The van der Waals surface area contributed by atoms with Crippen LogP contribution in [0, 0.1) is 0 Å². The summed E-state index contributed by atoms with van der Waals surface area (Å²) in [7, 11) is 4.34. The number of halogens is 1. The molecule has 2 aliphatic heterocycles. The van der Waals surface area contributed by atoms with E-state index in [1.165, 1.54) is 0 Å². The highest BCUT2D eigenvalue weighted by Crippen LogP contribution is 2.30. The molecule has 0 atom stereocenters. The van der Waals surface area contributed by atoms with E-state index in [0.717, 1.165) is 81.0 Å². The number of benzene rings is 1. The number of rotatable bonds is 4. The third-order valence-electron chi connectivity index (χ3n) is 5.21. The summed E-state index contributed by atoms with van der Waals surface area (Å²) >= 11 is 3.63. The van der Waals surface area contributed by atoms with Crippen LogP contribution in [0.5, 0.6) is 5.75 Å². The van der Waals surface area contributed by atoms with Gasteiger partial charge in [-0.25, -0.2) is 0 Å². The molecular weight excluding hydrogens is 368 g/mol. The fraction of sp³-hybridized carbons (Fsp3) is 0.667. The summed E-state index contributed by atoms with van der Waals surface area (Å²) in [6.45, 7) is 10.3. The first-order valence-electron chi connectivity index (χ1n) is 8.83. The van der Waals surface area contributed by atoms with E-state index >= 15 is 0 Å². The van der Waals surface area contributed by atoms with Gasteiger partial charge in [-0.05, 0) is 26.2 Å². The quantitative estimate of drug-likeness (QED) is 0.836. The summed E-state index contributed by atoms with van der Waals surface area (Å²) in [6.07, 6.45) is 0. The van der Waals surface area contributed by atoms with E-state index in [1.807, 2.05) is 0 Å². The van der Waals surface area contributed by atoms with Crippen LogP contribution < -0.4 is 0 Å². The van der Waals surface area contributed by atoms with Crippen molar-refractivity contribution in [2.24, 2.45) is 0 Å². The SMILES string of the molecule is CN1CCN(Cc2cc(Br)cc(CN3CCN(C)CC3)c2O)CC1. The molecular formula is C18H29BrN4O. The number of hydrogen-bond acceptors (Lipinski definition) is 5. The van der Waals surface area contributed by atoms with Gasteiger partial charge in [0.15, 0.2) is 0 Å². The van der Waals surface area contributed by atoms with E-state index in [0.29, 0.717) is 5.75 Å². The Kier molecular flexibility index (Phi) is 6.16. The Bertz CT molecular complexity index is 507. The van der Waals surface area contributed by atoms with Crippen molar-refractivity contribution in [3.63, 3.8) is 0 Å². The fourth-order valence-electron chi connectivity index (χ4n) is 3.45. The van der Waals surface area contributed by atoms with Crippen molar-refractivity contribution in [1.29, 1.82) is 0 Å². The lowest BCUT2D eigenvalue weighted by atomic mass is 10.1. The molecule has 0 spiro atoms. The Hall–Kier alpha value is -0.660. The monoisotopic (exact) mass is 396 g/mol. The Morgan fingerprint density at radius 1 is 0.792 bits per heavy atom. The third kappa shape index (κ3) is 4.70. The Labute approximate surface area is 154 Å². The van der Waals surface area contributed by atoms with Gasteiger partial charge < -0.3 is 14.9 Å². The molecule has 0 saturated carbocycles. The second kappa shape index (κ2) is 8.15. The van der Waals surface area contributed by atoms with Gasteiger partial charge >= 0.3 is 0 Å². The lowest BCUT2D eigenvalue weighted by Crippen LogP contribution is -2.44. The first-order chi connectivity index (χ1) is 11.5. The molecule has 5 nitrogen and oxygen atoms in total. The predicted molar refractivity (Wildman–Crippen MR) is 101 cm³/mol. The highest BCUT2D eigenvalue weighted by molar-refractivity contribution is 9.10. The molecule has 2 heterocycles. The van der Waals surface area contributed by atoms with Crippen molar-refractivity contribution in [1.82, 2.24) is 19.6 Å². The Morgan fingerprint density at radius 2 is 1.17 bits per heavy atom. The van der Waals surface area contributed by atoms with Gasteiger partial charge in [0.2, 0.25) is 0 Å². The van der Waals surface area contributed by atoms with Crippen molar-refractivity contribution in [2.45, 2.75) is 13.1 Å². The summed E-state index contributed by atoms with van der Waals surface area (Å²) in [5.74, 6) is 0.482. The van der Waals surface area contributed by atoms with E-state index < -0.39 is 0 Å². The molecule has 1 aromatic rings. The van der Waals surface area contributed by atoms with Crippen LogP contribution in [0.3, 0.4) is 0 Å². The van der Waals surface area contributed by atoms with Gasteiger partial charge in [0.25, 0.3) is 0 Å². The first kappa shape index (κ1) is 18.1. The molecule has 0 aliphatic carbocycles. The number of piperazine rings is 2. The molecule has 0 aromatic heterocycles. The van der Waals surface area contributed by atoms with E-state index in [9.17, 15) is 5.11 Å². The highest BCUT2D eigenvalue weighted by atomic mass is 79.9. The molecule has 0 radical (unpaired) electrons. The largest absolute Gasteiger partial charge is 0.507 e. The number of likely N-dealkylation sites (N-methyl/N-ethyl adjacent to an activating group) is 2. The van der Waals surface area contributed by atoms with Crippen LogP contribution >= 0.6 is 15.9 Å². The normalized spacial score (nSPS) is 22.1. The molecule has 6 heteroatoms. The topological polar surface area (TPSA) is 33.2 Å². The zero-order chi connectivity index (χ0) is 17.1. The second-order valence-electron chi connectivity index (χ2n) is 7.23. The maximum Gasteiger partial charge on any atom is 0.124 e. The van der Waals surface area contributed by atoms with Gasteiger partial charge in [0, 0.05) is 81.0 Å². The number of phenolic OH excluding ortho intramolecular Hbond substituents is 1. The molecule has 0 bridgehead atoms. The Balaban J connectivity index is 1.68. The predicted octanol–water partition coefficient (Wildman–Crippen LogP) is 1.65. The molecule has 1 N–H and O–H groups in total. The van der Waals surface area contributed by atoms with Crippen molar-refractivity contribution in [3.05, 3.63) is 27.7 Å². The van der Waals surface area contributed by atoms with Crippen LogP contribution in [0.2, 0.25) is 0 Å². The van der Waals surface area contributed by atoms with Crippen LogP contribution in [0.25, 0.3) is 0 Å². The standard InChI is InChI=1S/C18H29BrN4O/c1-20-3-7-22(8-4-20)13-15-11-17(19)12-16(18(15)24)14-23-9-5-21(2)6-10-23/h11-12,24H,3-10,13-14H2,1-2H3.